The van der Waals surface area contributed by atoms with Crippen molar-refractivity contribution in [2.75, 3.05) is 22.7 Å². The summed E-state index contributed by atoms with van der Waals surface area (Å²) in [5, 5.41) is 0. The molecule has 0 unspecified atom stereocenters. The van der Waals surface area contributed by atoms with Crippen LogP contribution in [0.2, 0.25) is 0 Å². The van der Waals surface area contributed by atoms with Gasteiger partial charge in [0.25, 0.3) is 10.0 Å². The summed E-state index contributed by atoms with van der Waals surface area (Å²) in [6, 6.07) is 19.3. The molecule has 166 valence electrons. The van der Waals surface area contributed by atoms with Crippen LogP contribution in [0, 0.1) is 12.7 Å². The Balaban J connectivity index is 1.62. The number of benzene rings is 3. The second-order valence-electron chi connectivity index (χ2n) is 7.78. The minimum absolute atomic E-state index is 0.144. The third kappa shape index (κ3) is 4.75. The van der Waals surface area contributed by atoms with Crippen LogP contribution in [0.25, 0.3) is 0 Å². The lowest BCUT2D eigenvalue weighted by molar-refractivity contribution is 0.192. The van der Waals surface area contributed by atoms with E-state index >= 15 is 0 Å². The number of hydrogen-bond acceptors (Lipinski definition) is 3. The van der Waals surface area contributed by atoms with Crippen LogP contribution in [0.5, 0.6) is 0 Å². The van der Waals surface area contributed by atoms with Gasteiger partial charge in [0.1, 0.15) is 5.82 Å². The molecular weight excluding hydrogens is 429 g/mol. The Bertz CT molecular complexity index is 1230. The van der Waals surface area contributed by atoms with Gasteiger partial charge in [0.2, 0.25) is 0 Å². The number of sulfonamides is 1. The molecule has 0 bridgehead atoms. The quantitative estimate of drug-likeness (QED) is 0.585. The maximum absolute atomic E-state index is 13.6. The molecule has 1 saturated heterocycles. The maximum Gasteiger partial charge on any atom is 0.324 e. The van der Waals surface area contributed by atoms with E-state index in [0.717, 1.165) is 5.56 Å². The molecule has 1 aliphatic heterocycles. The molecule has 1 fully saturated rings. The van der Waals surface area contributed by atoms with Crippen molar-refractivity contribution in [3.8, 4) is 0 Å². The Morgan fingerprint density at radius 1 is 0.969 bits per heavy atom. The van der Waals surface area contributed by atoms with Crippen molar-refractivity contribution in [2.24, 2.45) is 0 Å². The third-order valence-corrected chi connectivity index (χ3v) is 6.70. The van der Waals surface area contributed by atoms with Gasteiger partial charge in [-0.25, -0.2) is 17.6 Å². The Morgan fingerprint density at radius 3 is 2.50 bits per heavy atom. The predicted octanol–water partition coefficient (Wildman–Crippen LogP) is 4.77. The lowest BCUT2D eigenvalue weighted by Gasteiger charge is -2.36. The zero-order chi connectivity index (χ0) is 22.7. The normalized spacial score (nSPS) is 14.5. The van der Waals surface area contributed by atoms with Gasteiger partial charge >= 0.3 is 6.03 Å². The average Bonchev–Trinajstić information content (AvgIpc) is 2.76. The van der Waals surface area contributed by atoms with Crippen LogP contribution in [0.3, 0.4) is 0 Å². The Morgan fingerprint density at radius 2 is 1.75 bits per heavy atom. The monoisotopic (exact) mass is 453 g/mol. The van der Waals surface area contributed by atoms with Crippen LogP contribution >= 0.6 is 0 Å². The molecule has 0 radical (unpaired) electrons. The van der Waals surface area contributed by atoms with Crippen LogP contribution in [-0.2, 0) is 16.6 Å². The van der Waals surface area contributed by atoms with Crippen LogP contribution in [0.4, 0.5) is 20.6 Å². The van der Waals surface area contributed by atoms with Crippen LogP contribution in [-0.4, -0.2) is 32.4 Å². The summed E-state index contributed by atoms with van der Waals surface area (Å²) < 4.78 is 42.0. The number of carbonyl (C=O) groups is 1. The van der Waals surface area contributed by atoms with E-state index in [0.29, 0.717) is 36.4 Å². The highest BCUT2D eigenvalue weighted by Gasteiger charge is 2.29. The van der Waals surface area contributed by atoms with Crippen molar-refractivity contribution in [3.05, 3.63) is 89.7 Å². The number of nitrogens with one attached hydrogen (secondary N) is 1. The topological polar surface area (TPSA) is 69.7 Å². The molecule has 0 aromatic heterocycles. The first-order valence-electron chi connectivity index (χ1n) is 10.3. The Hall–Kier alpha value is -3.39. The van der Waals surface area contributed by atoms with Crippen molar-refractivity contribution < 1.29 is 17.6 Å². The van der Waals surface area contributed by atoms with Gasteiger partial charge in [-0.15, -0.1) is 0 Å². The molecule has 4 rings (SSSR count). The third-order valence-electron chi connectivity index (χ3n) is 5.31. The van der Waals surface area contributed by atoms with Crippen molar-refractivity contribution in [2.45, 2.75) is 24.8 Å². The molecule has 0 spiro atoms. The average molecular weight is 454 g/mol. The molecular formula is C24H24FN3O3S. The van der Waals surface area contributed by atoms with Gasteiger partial charge in [0.05, 0.1) is 16.3 Å². The summed E-state index contributed by atoms with van der Waals surface area (Å²) >= 11 is 0. The number of aryl methyl sites for hydroxylation is 1. The molecule has 32 heavy (non-hydrogen) atoms. The van der Waals surface area contributed by atoms with Crippen LogP contribution in [0.15, 0.2) is 77.7 Å². The molecule has 6 nitrogen and oxygen atoms in total. The van der Waals surface area contributed by atoms with Crippen molar-refractivity contribution >= 4 is 27.4 Å². The standard InChI is InChI=1S/C24H24FN3O3S/c1-18-11-12-23(22(15-18)26-32(30,31)21-9-3-2-4-10-21)28-14-6-13-27(24(28)29)17-19-7-5-8-20(25)16-19/h2-5,7-12,15-16,26H,6,13-14,17H2,1H3. The number of hydrogen-bond donors (Lipinski definition) is 1. The minimum atomic E-state index is -3.82. The van der Waals surface area contributed by atoms with E-state index in [9.17, 15) is 17.6 Å². The highest BCUT2D eigenvalue weighted by molar-refractivity contribution is 7.92. The van der Waals surface area contributed by atoms with Gasteiger partial charge in [-0.3, -0.25) is 9.62 Å². The van der Waals surface area contributed by atoms with Gasteiger partial charge < -0.3 is 4.90 Å². The van der Waals surface area contributed by atoms with Gasteiger partial charge in [-0.1, -0.05) is 36.4 Å². The highest BCUT2D eigenvalue weighted by Crippen LogP contribution is 2.32. The number of carbonyl (C=O) groups excluding carboxylic acids is 1. The molecule has 2 amide bonds. The molecule has 1 heterocycles. The molecule has 8 heteroatoms. The predicted molar refractivity (Wildman–Crippen MR) is 123 cm³/mol. The second-order valence-corrected chi connectivity index (χ2v) is 9.46. The molecule has 0 atom stereocenters. The van der Waals surface area contributed by atoms with Gasteiger partial charge in [0.15, 0.2) is 0 Å². The smallest absolute Gasteiger partial charge is 0.320 e. The van der Waals surface area contributed by atoms with E-state index < -0.39 is 10.0 Å². The zero-order valence-corrected chi connectivity index (χ0v) is 18.5. The first-order valence-corrected chi connectivity index (χ1v) is 11.8. The van der Waals surface area contributed by atoms with E-state index in [-0.39, 0.29) is 23.3 Å². The molecule has 1 aliphatic rings. The molecule has 0 aliphatic carbocycles. The van der Waals surface area contributed by atoms with Crippen molar-refractivity contribution in [1.82, 2.24) is 4.90 Å². The van der Waals surface area contributed by atoms with Gasteiger partial charge in [-0.2, -0.15) is 0 Å². The fraction of sp³-hybridized carbons (Fsp3) is 0.208. The first kappa shape index (κ1) is 21.8. The van der Waals surface area contributed by atoms with Gasteiger partial charge in [0, 0.05) is 19.6 Å². The summed E-state index contributed by atoms with van der Waals surface area (Å²) in [6.07, 6.45) is 0.708. The summed E-state index contributed by atoms with van der Waals surface area (Å²) in [5.41, 5.74) is 2.40. The summed E-state index contributed by atoms with van der Waals surface area (Å²) in [7, 11) is -3.82. The zero-order valence-electron chi connectivity index (χ0n) is 17.7. The Labute approximate surface area is 187 Å². The van der Waals surface area contributed by atoms with E-state index in [1.807, 2.05) is 13.0 Å². The van der Waals surface area contributed by atoms with E-state index in [2.05, 4.69) is 4.72 Å². The van der Waals surface area contributed by atoms with E-state index in [1.54, 1.807) is 52.3 Å². The second kappa shape index (κ2) is 9.00. The number of urea groups is 1. The number of amides is 2. The van der Waals surface area contributed by atoms with E-state index in [4.69, 9.17) is 0 Å². The Kier molecular flexibility index (Phi) is 6.14. The number of halogens is 1. The number of anilines is 2. The fourth-order valence-electron chi connectivity index (χ4n) is 3.78. The number of rotatable bonds is 6. The largest absolute Gasteiger partial charge is 0.324 e. The number of nitrogens with zero attached hydrogens (tertiary/aromatic N) is 2. The highest BCUT2D eigenvalue weighted by atomic mass is 32.2. The van der Waals surface area contributed by atoms with E-state index in [1.165, 1.54) is 24.3 Å². The molecule has 1 N–H and O–H groups in total. The SMILES string of the molecule is Cc1ccc(N2CCCN(Cc3cccc(F)c3)C2=O)c(NS(=O)(=O)c2ccccc2)c1. The lowest BCUT2D eigenvalue weighted by atomic mass is 10.1. The van der Waals surface area contributed by atoms with Gasteiger partial charge in [-0.05, 0) is 60.9 Å². The maximum atomic E-state index is 13.6. The minimum Gasteiger partial charge on any atom is -0.320 e. The van der Waals surface area contributed by atoms with Crippen LogP contribution < -0.4 is 9.62 Å². The van der Waals surface area contributed by atoms with Crippen LogP contribution in [0.1, 0.15) is 17.5 Å². The molecule has 3 aromatic carbocycles. The summed E-state index contributed by atoms with van der Waals surface area (Å²) in [4.78, 5) is 16.6. The van der Waals surface area contributed by atoms with Crippen molar-refractivity contribution in [3.63, 3.8) is 0 Å². The first-order chi connectivity index (χ1) is 15.3. The summed E-state index contributed by atoms with van der Waals surface area (Å²) in [5.74, 6) is -0.347. The summed E-state index contributed by atoms with van der Waals surface area (Å²) in [6.45, 7) is 3.15. The fourth-order valence-corrected chi connectivity index (χ4v) is 4.86. The van der Waals surface area contributed by atoms with Crippen molar-refractivity contribution in [1.29, 1.82) is 0 Å². The lowest BCUT2D eigenvalue weighted by Crippen LogP contribution is -2.49. The molecule has 3 aromatic rings. The molecule has 0 saturated carbocycles.